The summed E-state index contributed by atoms with van der Waals surface area (Å²) < 4.78 is 41.0. The fourth-order valence-corrected chi connectivity index (χ4v) is 1.71. The Morgan fingerprint density at radius 3 is 2.32 bits per heavy atom. The van der Waals surface area contributed by atoms with Crippen molar-refractivity contribution in [3.05, 3.63) is 29.8 Å². The SMILES string of the molecule is O=C(ON1C(=O)CCC1=O)c1ccccc1OCC(F)(F)F. The van der Waals surface area contributed by atoms with E-state index >= 15 is 0 Å². The van der Waals surface area contributed by atoms with E-state index in [-0.39, 0.29) is 24.2 Å². The van der Waals surface area contributed by atoms with E-state index in [2.05, 4.69) is 9.57 Å². The molecule has 1 aliphatic rings. The van der Waals surface area contributed by atoms with E-state index in [0.29, 0.717) is 5.06 Å². The largest absolute Gasteiger partial charge is 0.483 e. The third-order valence-corrected chi connectivity index (χ3v) is 2.68. The predicted molar refractivity (Wildman–Crippen MR) is 64.5 cm³/mol. The molecule has 2 rings (SSSR count). The van der Waals surface area contributed by atoms with Crippen LogP contribution < -0.4 is 4.74 Å². The van der Waals surface area contributed by atoms with Crippen molar-refractivity contribution < 1.29 is 37.1 Å². The lowest BCUT2D eigenvalue weighted by molar-refractivity contribution is -0.172. The number of alkyl halides is 3. The molecule has 1 aromatic carbocycles. The number of rotatable bonds is 4. The summed E-state index contributed by atoms with van der Waals surface area (Å²) in [7, 11) is 0. The molecule has 0 N–H and O–H groups in total. The van der Waals surface area contributed by atoms with Crippen LogP contribution in [0.25, 0.3) is 0 Å². The number of hydrogen-bond acceptors (Lipinski definition) is 5. The molecule has 6 nitrogen and oxygen atoms in total. The maximum absolute atomic E-state index is 12.2. The Balaban J connectivity index is 2.12. The minimum absolute atomic E-state index is 0.0850. The summed E-state index contributed by atoms with van der Waals surface area (Å²) in [5.74, 6) is -2.88. The number of nitrogens with zero attached hydrogens (tertiary/aromatic N) is 1. The van der Waals surface area contributed by atoms with Crippen LogP contribution in [0.1, 0.15) is 23.2 Å². The highest BCUT2D eigenvalue weighted by molar-refractivity contribution is 6.03. The summed E-state index contributed by atoms with van der Waals surface area (Å²) in [4.78, 5) is 39.2. The molecule has 0 aliphatic carbocycles. The summed E-state index contributed by atoms with van der Waals surface area (Å²) in [5, 5.41) is 0.308. The van der Waals surface area contributed by atoms with Gasteiger partial charge in [-0.15, -0.1) is 5.06 Å². The number of para-hydroxylation sites is 1. The highest BCUT2D eigenvalue weighted by Gasteiger charge is 2.34. The van der Waals surface area contributed by atoms with Crippen LogP contribution in [0.4, 0.5) is 13.2 Å². The van der Waals surface area contributed by atoms with Crippen LogP contribution in [0.2, 0.25) is 0 Å². The molecule has 1 aromatic rings. The molecule has 0 aromatic heterocycles. The Bertz CT molecular complexity index is 598. The van der Waals surface area contributed by atoms with E-state index < -0.39 is 30.6 Å². The van der Waals surface area contributed by atoms with E-state index in [1.807, 2.05) is 0 Å². The van der Waals surface area contributed by atoms with Gasteiger partial charge in [-0.05, 0) is 12.1 Å². The molecule has 0 spiro atoms. The van der Waals surface area contributed by atoms with Gasteiger partial charge in [-0.1, -0.05) is 12.1 Å². The summed E-state index contributed by atoms with van der Waals surface area (Å²) in [6.45, 7) is -1.58. The van der Waals surface area contributed by atoms with Crippen LogP contribution in [0.5, 0.6) is 5.75 Å². The van der Waals surface area contributed by atoms with Crippen LogP contribution >= 0.6 is 0 Å². The van der Waals surface area contributed by atoms with Gasteiger partial charge in [0.05, 0.1) is 0 Å². The lowest BCUT2D eigenvalue weighted by atomic mass is 10.2. The van der Waals surface area contributed by atoms with Gasteiger partial charge in [-0.2, -0.15) is 13.2 Å². The third-order valence-electron chi connectivity index (χ3n) is 2.68. The first-order chi connectivity index (χ1) is 10.3. The minimum atomic E-state index is -4.57. The zero-order valence-electron chi connectivity index (χ0n) is 11.1. The van der Waals surface area contributed by atoms with Crippen LogP contribution in [0.3, 0.4) is 0 Å². The van der Waals surface area contributed by atoms with E-state index in [0.717, 1.165) is 6.07 Å². The van der Waals surface area contributed by atoms with Gasteiger partial charge in [-0.25, -0.2) is 4.79 Å². The Labute approximate surface area is 122 Å². The number of ether oxygens (including phenoxy) is 1. The molecule has 2 amide bonds. The quantitative estimate of drug-likeness (QED) is 0.792. The smallest absolute Gasteiger partial charge is 0.422 e. The minimum Gasteiger partial charge on any atom is -0.483 e. The fourth-order valence-electron chi connectivity index (χ4n) is 1.71. The van der Waals surface area contributed by atoms with E-state index in [4.69, 9.17) is 0 Å². The van der Waals surface area contributed by atoms with Crippen molar-refractivity contribution in [3.8, 4) is 5.75 Å². The van der Waals surface area contributed by atoms with Crippen LogP contribution in [-0.2, 0) is 14.4 Å². The molecule has 0 radical (unpaired) electrons. The Morgan fingerprint density at radius 1 is 1.14 bits per heavy atom. The van der Waals surface area contributed by atoms with Crippen molar-refractivity contribution >= 4 is 17.8 Å². The molecule has 1 fully saturated rings. The molecule has 1 aliphatic heterocycles. The third kappa shape index (κ3) is 3.74. The molecule has 0 saturated carbocycles. The maximum Gasteiger partial charge on any atom is 0.422 e. The molecule has 0 bridgehead atoms. The van der Waals surface area contributed by atoms with Gasteiger partial charge in [0.1, 0.15) is 11.3 Å². The van der Waals surface area contributed by atoms with Gasteiger partial charge < -0.3 is 9.57 Å². The Kier molecular flexibility index (Phi) is 4.34. The first-order valence-corrected chi connectivity index (χ1v) is 6.14. The van der Waals surface area contributed by atoms with Crippen LogP contribution in [0, 0.1) is 0 Å². The summed E-state index contributed by atoms with van der Waals surface area (Å²) in [6.07, 6.45) is -4.74. The Morgan fingerprint density at radius 2 is 1.73 bits per heavy atom. The summed E-state index contributed by atoms with van der Waals surface area (Å²) in [5.41, 5.74) is -0.320. The molecule has 0 unspecified atom stereocenters. The highest BCUT2D eigenvalue weighted by Crippen LogP contribution is 2.24. The van der Waals surface area contributed by atoms with Crippen molar-refractivity contribution in [2.45, 2.75) is 19.0 Å². The number of halogens is 3. The van der Waals surface area contributed by atoms with Gasteiger partial charge in [0, 0.05) is 12.8 Å². The van der Waals surface area contributed by atoms with Gasteiger partial charge in [0.25, 0.3) is 11.8 Å². The number of hydroxylamine groups is 2. The molecule has 9 heteroatoms. The highest BCUT2D eigenvalue weighted by atomic mass is 19.4. The van der Waals surface area contributed by atoms with Gasteiger partial charge in [0.2, 0.25) is 0 Å². The molecular formula is C13H10F3NO5. The van der Waals surface area contributed by atoms with Crippen molar-refractivity contribution in [2.24, 2.45) is 0 Å². The van der Waals surface area contributed by atoms with E-state index in [1.54, 1.807) is 0 Å². The van der Waals surface area contributed by atoms with E-state index in [1.165, 1.54) is 18.2 Å². The molecule has 22 heavy (non-hydrogen) atoms. The van der Waals surface area contributed by atoms with Crippen molar-refractivity contribution in [1.82, 2.24) is 5.06 Å². The van der Waals surface area contributed by atoms with Gasteiger partial charge in [0.15, 0.2) is 6.61 Å². The second-order valence-electron chi connectivity index (χ2n) is 4.36. The van der Waals surface area contributed by atoms with Crippen LogP contribution in [0.15, 0.2) is 24.3 Å². The molecule has 1 heterocycles. The van der Waals surface area contributed by atoms with Crippen molar-refractivity contribution in [1.29, 1.82) is 0 Å². The zero-order chi connectivity index (χ0) is 16.3. The van der Waals surface area contributed by atoms with Crippen molar-refractivity contribution in [3.63, 3.8) is 0 Å². The first-order valence-electron chi connectivity index (χ1n) is 6.14. The summed E-state index contributed by atoms with van der Waals surface area (Å²) in [6, 6.07) is 5.06. The van der Waals surface area contributed by atoms with Crippen molar-refractivity contribution in [2.75, 3.05) is 6.61 Å². The topological polar surface area (TPSA) is 72.9 Å². The molecule has 118 valence electrons. The number of benzene rings is 1. The first kappa shape index (κ1) is 15.8. The normalized spacial score (nSPS) is 15.1. The predicted octanol–water partition coefficient (Wildman–Crippen LogP) is 1.85. The molecule has 1 saturated heterocycles. The van der Waals surface area contributed by atoms with Gasteiger partial charge in [-0.3, -0.25) is 9.59 Å². The average Bonchev–Trinajstić information content (AvgIpc) is 2.76. The second-order valence-corrected chi connectivity index (χ2v) is 4.36. The average molecular weight is 317 g/mol. The number of amides is 2. The van der Waals surface area contributed by atoms with E-state index in [9.17, 15) is 27.6 Å². The fraction of sp³-hybridized carbons (Fsp3) is 0.308. The molecular weight excluding hydrogens is 307 g/mol. The second kappa shape index (κ2) is 6.04. The standard InChI is InChI=1S/C13H10F3NO5/c14-13(15,16)7-21-9-4-2-1-3-8(9)12(20)22-17-10(18)5-6-11(17)19/h1-4H,5-7H2. The monoisotopic (exact) mass is 317 g/mol. The number of hydrogen-bond donors (Lipinski definition) is 0. The lowest BCUT2D eigenvalue weighted by Gasteiger charge is -2.15. The molecule has 0 atom stereocenters. The lowest BCUT2D eigenvalue weighted by Crippen LogP contribution is -2.32. The zero-order valence-corrected chi connectivity index (χ0v) is 11.1. The van der Waals surface area contributed by atoms with Gasteiger partial charge >= 0.3 is 12.1 Å². The summed E-state index contributed by atoms with van der Waals surface area (Å²) >= 11 is 0. The Hall–Kier alpha value is -2.58. The van der Waals surface area contributed by atoms with Crippen LogP contribution in [-0.4, -0.2) is 35.6 Å². The number of carbonyl (C=O) groups excluding carboxylic acids is 3. The maximum atomic E-state index is 12.2. The number of imide groups is 1. The number of carbonyl (C=O) groups is 3.